The van der Waals surface area contributed by atoms with Crippen LogP contribution < -0.4 is 10.2 Å². The van der Waals surface area contributed by atoms with Gasteiger partial charge in [0.1, 0.15) is 0 Å². The fourth-order valence-electron chi connectivity index (χ4n) is 3.91. The Morgan fingerprint density at radius 3 is 2.47 bits per heavy atom. The number of carboxylic acid groups (broad SMARTS) is 1. The largest absolute Gasteiger partial charge is 0.481 e. The molecule has 0 aliphatic heterocycles. The second kappa shape index (κ2) is 13.1. The molecule has 1 aliphatic carbocycles. The molecular formula is C28H38N2O4. The number of anilines is 1. The predicted molar refractivity (Wildman–Crippen MR) is 136 cm³/mol. The average Bonchev–Trinajstić information content (AvgIpc) is 3.68. The van der Waals surface area contributed by atoms with E-state index in [0.717, 1.165) is 35.2 Å². The van der Waals surface area contributed by atoms with E-state index in [9.17, 15) is 14.7 Å². The van der Waals surface area contributed by atoms with Gasteiger partial charge in [-0.05, 0) is 54.0 Å². The average molecular weight is 467 g/mol. The lowest BCUT2D eigenvalue weighted by molar-refractivity contribution is -0.140. The molecule has 2 N–H and O–H groups in total. The Kier molecular flexibility index (Phi) is 9.95. The maximum atomic E-state index is 12.6. The van der Waals surface area contributed by atoms with Crippen molar-refractivity contribution >= 4 is 17.7 Å². The first-order valence-electron chi connectivity index (χ1n) is 12.5. The third-order valence-electron chi connectivity index (χ3n) is 6.30. The third kappa shape index (κ3) is 8.17. The number of hydrogen-bond donors (Lipinski definition) is 2. The van der Waals surface area contributed by atoms with Crippen LogP contribution in [0.3, 0.4) is 0 Å². The van der Waals surface area contributed by atoms with Crippen molar-refractivity contribution in [3.8, 4) is 11.1 Å². The summed E-state index contributed by atoms with van der Waals surface area (Å²) in [5.41, 5.74) is 3.70. The Labute approximate surface area is 203 Å². The maximum Gasteiger partial charge on any atom is 0.321 e. The summed E-state index contributed by atoms with van der Waals surface area (Å²) < 4.78 is 5.91. The van der Waals surface area contributed by atoms with Gasteiger partial charge in [0.2, 0.25) is 0 Å². The highest BCUT2D eigenvalue weighted by Crippen LogP contribution is 2.33. The minimum Gasteiger partial charge on any atom is -0.481 e. The van der Waals surface area contributed by atoms with E-state index < -0.39 is 12.1 Å². The Bertz CT molecular complexity index is 924. The van der Waals surface area contributed by atoms with E-state index >= 15 is 0 Å². The van der Waals surface area contributed by atoms with Crippen molar-refractivity contribution in [3.63, 3.8) is 0 Å². The van der Waals surface area contributed by atoms with Crippen molar-refractivity contribution in [2.24, 2.45) is 5.92 Å². The summed E-state index contributed by atoms with van der Waals surface area (Å²) in [6.45, 7) is 3.50. The van der Waals surface area contributed by atoms with E-state index in [1.165, 1.54) is 32.1 Å². The van der Waals surface area contributed by atoms with Crippen LogP contribution in [0.25, 0.3) is 11.1 Å². The zero-order chi connectivity index (χ0) is 24.3. The number of unbranched alkanes of at least 4 members (excludes halogenated alkanes) is 4. The lowest BCUT2D eigenvalue weighted by Crippen LogP contribution is -2.37. The minimum absolute atomic E-state index is 0.0416. The molecule has 34 heavy (non-hydrogen) atoms. The summed E-state index contributed by atoms with van der Waals surface area (Å²) in [5, 5.41) is 12.3. The Morgan fingerprint density at radius 1 is 1.06 bits per heavy atom. The van der Waals surface area contributed by atoms with Gasteiger partial charge in [0.25, 0.3) is 0 Å². The molecule has 2 amide bonds. The van der Waals surface area contributed by atoms with Crippen LogP contribution in [0.15, 0.2) is 48.5 Å². The van der Waals surface area contributed by atoms with Crippen molar-refractivity contribution in [2.45, 2.75) is 64.4 Å². The zero-order valence-electron chi connectivity index (χ0n) is 20.5. The molecule has 1 aliphatic rings. The molecule has 2 aromatic rings. The quantitative estimate of drug-likeness (QED) is 0.315. The van der Waals surface area contributed by atoms with Crippen LogP contribution in [0.1, 0.15) is 70.0 Å². The number of ether oxygens (including phenoxy) is 1. The molecule has 0 bridgehead atoms. The SMILES string of the molecule is CCCCCCCNC(=O)N(C)c1cccc(-c2ccc(C(CC(=O)O)OCC3CC3)cc2)c1. The molecule has 0 spiro atoms. The molecule has 1 fully saturated rings. The van der Waals surface area contributed by atoms with Gasteiger partial charge in [-0.2, -0.15) is 0 Å². The lowest BCUT2D eigenvalue weighted by Gasteiger charge is -2.19. The fraction of sp³-hybridized carbons (Fsp3) is 0.500. The number of aliphatic carboxylic acids is 1. The molecule has 6 nitrogen and oxygen atoms in total. The number of carboxylic acids is 1. The molecular weight excluding hydrogens is 428 g/mol. The van der Waals surface area contributed by atoms with Crippen molar-refractivity contribution in [3.05, 3.63) is 54.1 Å². The first-order valence-corrected chi connectivity index (χ1v) is 12.5. The van der Waals surface area contributed by atoms with Gasteiger partial charge < -0.3 is 15.2 Å². The van der Waals surface area contributed by atoms with Gasteiger partial charge in [-0.3, -0.25) is 9.69 Å². The summed E-state index contributed by atoms with van der Waals surface area (Å²) >= 11 is 0. The zero-order valence-corrected chi connectivity index (χ0v) is 20.5. The summed E-state index contributed by atoms with van der Waals surface area (Å²) in [5.74, 6) is -0.284. The molecule has 0 saturated heterocycles. The van der Waals surface area contributed by atoms with Crippen LogP contribution in [-0.2, 0) is 9.53 Å². The summed E-state index contributed by atoms with van der Waals surface area (Å²) in [6, 6.07) is 15.6. The van der Waals surface area contributed by atoms with E-state index in [0.29, 0.717) is 19.1 Å². The molecule has 0 heterocycles. The van der Waals surface area contributed by atoms with E-state index in [1.54, 1.807) is 11.9 Å². The summed E-state index contributed by atoms with van der Waals surface area (Å²) in [4.78, 5) is 25.5. The van der Waals surface area contributed by atoms with Crippen molar-refractivity contribution in [1.29, 1.82) is 0 Å². The van der Waals surface area contributed by atoms with Gasteiger partial charge in [-0.1, -0.05) is 69.0 Å². The molecule has 0 aromatic heterocycles. The van der Waals surface area contributed by atoms with Crippen LogP contribution in [0.5, 0.6) is 0 Å². The Morgan fingerprint density at radius 2 is 1.79 bits per heavy atom. The number of nitrogens with one attached hydrogen (secondary N) is 1. The number of carbonyl (C=O) groups excluding carboxylic acids is 1. The number of carbonyl (C=O) groups is 2. The second-order valence-corrected chi connectivity index (χ2v) is 9.24. The Hall–Kier alpha value is -2.86. The van der Waals surface area contributed by atoms with Crippen LogP contribution in [-0.4, -0.2) is 37.3 Å². The minimum atomic E-state index is -0.861. The van der Waals surface area contributed by atoms with E-state index in [4.69, 9.17) is 4.74 Å². The monoisotopic (exact) mass is 466 g/mol. The molecule has 6 heteroatoms. The maximum absolute atomic E-state index is 12.6. The molecule has 1 atom stereocenters. The highest BCUT2D eigenvalue weighted by molar-refractivity contribution is 5.92. The summed E-state index contributed by atoms with van der Waals surface area (Å²) in [7, 11) is 1.78. The molecule has 1 unspecified atom stereocenters. The van der Waals surface area contributed by atoms with E-state index in [1.807, 2.05) is 48.5 Å². The van der Waals surface area contributed by atoms with Crippen LogP contribution in [0.2, 0.25) is 0 Å². The first kappa shape index (κ1) is 25.8. The van der Waals surface area contributed by atoms with E-state index in [-0.39, 0.29) is 12.5 Å². The smallest absolute Gasteiger partial charge is 0.321 e. The number of amides is 2. The first-order chi connectivity index (χ1) is 16.5. The number of benzene rings is 2. The molecule has 1 saturated carbocycles. The highest BCUT2D eigenvalue weighted by Gasteiger charge is 2.25. The summed E-state index contributed by atoms with van der Waals surface area (Å²) in [6.07, 6.45) is 7.67. The molecule has 0 radical (unpaired) electrons. The van der Waals surface area contributed by atoms with Crippen LogP contribution >= 0.6 is 0 Å². The normalized spacial score (nSPS) is 13.9. The second-order valence-electron chi connectivity index (χ2n) is 9.24. The number of hydrogen-bond acceptors (Lipinski definition) is 3. The molecule has 3 rings (SSSR count). The van der Waals surface area contributed by atoms with Gasteiger partial charge in [-0.15, -0.1) is 0 Å². The molecule has 184 valence electrons. The topological polar surface area (TPSA) is 78.9 Å². The predicted octanol–water partition coefficient (Wildman–Crippen LogP) is 6.41. The molecule has 2 aromatic carbocycles. The van der Waals surface area contributed by atoms with Crippen LogP contribution in [0.4, 0.5) is 10.5 Å². The number of rotatable bonds is 14. The van der Waals surface area contributed by atoms with Gasteiger partial charge in [0, 0.05) is 19.3 Å². The third-order valence-corrected chi connectivity index (χ3v) is 6.30. The van der Waals surface area contributed by atoms with Crippen molar-refractivity contribution in [2.75, 3.05) is 25.1 Å². The van der Waals surface area contributed by atoms with Gasteiger partial charge in [0.05, 0.1) is 19.1 Å². The van der Waals surface area contributed by atoms with Crippen LogP contribution in [0, 0.1) is 5.92 Å². The number of urea groups is 1. The Balaban J connectivity index is 1.60. The fourth-order valence-corrected chi connectivity index (χ4v) is 3.91. The van der Waals surface area contributed by atoms with Crippen molar-refractivity contribution in [1.82, 2.24) is 5.32 Å². The van der Waals surface area contributed by atoms with Gasteiger partial charge in [-0.25, -0.2) is 4.79 Å². The lowest BCUT2D eigenvalue weighted by atomic mass is 10.00. The van der Waals surface area contributed by atoms with E-state index in [2.05, 4.69) is 12.2 Å². The standard InChI is InChI=1S/C28H38N2O4/c1-3-4-5-6-7-17-29-28(33)30(2)25-10-8-9-24(18-25)22-13-15-23(16-14-22)26(19-27(31)32)34-20-21-11-12-21/h8-10,13-16,18,21,26H,3-7,11-12,17,19-20H2,1-2H3,(H,29,33)(H,31,32). The highest BCUT2D eigenvalue weighted by atomic mass is 16.5. The van der Waals surface area contributed by atoms with Gasteiger partial charge in [0.15, 0.2) is 0 Å². The van der Waals surface area contributed by atoms with Gasteiger partial charge >= 0.3 is 12.0 Å². The number of nitrogens with zero attached hydrogens (tertiary/aromatic N) is 1. The van der Waals surface area contributed by atoms with Crippen molar-refractivity contribution < 1.29 is 19.4 Å².